The molecule has 0 bridgehead atoms. The largest absolute Gasteiger partial charge is 0.294 e. The summed E-state index contributed by atoms with van der Waals surface area (Å²) < 4.78 is 0. The van der Waals surface area contributed by atoms with Crippen LogP contribution in [0.25, 0.3) is 0 Å². The number of hydrogen-bond acceptors (Lipinski definition) is 2. The quantitative estimate of drug-likeness (QED) is 0.454. The molecule has 1 amide bonds. The number of amides is 1. The molecule has 1 aromatic carbocycles. The lowest BCUT2D eigenvalue weighted by atomic mass is 9.85. The molecule has 1 rings (SSSR count). The molecule has 1 aromatic rings. The van der Waals surface area contributed by atoms with Crippen molar-refractivity contribution in [1.29, 1.82) is 0 Å². The van der Waals surface area contributed by atoms with E-state index in [1.807, 2.05) is 13.0 Å². The molecule has 0 spiro atoms. The standard InChI is InChI=1S/C13H20N2O/c1-9-7-11(13(2,3)4)6-5-10(9)8-12(16)15-14/h5-7H,8,14H2,1-4H3,(H,15,16). The van der Waals surface area contributed by atoms with Crippen molar-refractivity contribution >= 4 is 5.91 Å². The van der Waals surface area contributed by atoms with Gasteiger partial charge in [-0.05, 0) is 29.0 Å². The van der Waals surface area contributed by atoms with Crippen LogP contribution in [0.1, 0.15) is 37.5 Å². The summed E-state index contributed by atoms with van der Waals surface area (Å²) in [7, 11) is 0. The van der Waals surface area contributed by atoms with Crippen LogP contribution in [-0.2, 0) is 16.6 Å². The van der Waals surface area contributed by atoms with Crippen molar-refractivity contribution in [2.24, 2.45) is 5.84 Å². The molecule has 0 saturated carbocycles. The number of benzene rings is 1. The van der Waals surface area contributed by atoms with Gasteiger partial charge in [-0.25, -0.2) is 5.84 Å². The van der Waals surface area contributed by atoms with E-state index in [1.165, 1.54) is 5.56 Å². The minimum atomic E-state index is -0.161. The van der Waals surface area contributed by atoms with Gasteiger partial charge in [-0.1, -0.05) is 39.0 Å². The summed E-state index contributed by atoms with van der Waals surface area (Å²) in [4.78, 5) is 11.2. The number of carbonyl (C=O) groups excluding carboxylic acids is 1. The molecule has 3 nitrogen and oxygen atoms in total. The van der Waals surface area contributed by atoms with E-state index in [-0.39, 0.29) is 11.3 Å². The van der Waals surface area contributed by atoms with Crippen molar-refractivity contribution in [2.75, 3.05) is 0 Å². The number of hydrazine groups is 1. The third-order valence-electron chi connectivity index (χ3n) is 2.72. The van der Waals surface area contributed by atoms with Gasteiger partial charge in [0.25, 0.3) is 0 Å². The molecule has 0 aliphatic carbocycles. The normalized spacial score (nSPS) is 11.3. The molecule has 0 heterocycles. The number of hydrogen-bond donors (Lipinski definition) is 2. The molecular formula is C13H20N2O. The molecular weight excluding hydrogens is 200 g/mol. The zero-order valence-corrected chi connectivity index (χ0v) is 10.4. The van der Waals surface area contributed by atoms with Crippen molar-refractivity contribution in [3.8, 4) is 0 Å². The molecule has 0 radical (unpaired) electrons. The summed E-state index contributed by atoms with van der Waals surface area (Å²) in [6.45, 7) is 8.55. The summed E-state index contributed by atoms with van der Waals surface area (Å²) in [5, 5.41) is 0. The molecule has 0 saturated heterocycles. The van der Waals surface area contributed by atoms with Gasteiger partial charge in [0.1, 0.15) is 0 Å². The van der Waals surface area contributed by atoms with Gasteiger partial charge in [0.2, 0.25) is 5.91 Å². The van der Waals surface area contributed by atoms with Crippen molar-refractivity contribution in [1.82, 2.24) is 5.43 Å². The zero-order chi connectivity index (χ0) is 12.3. The molecule has 0 aromatic heterocycles. The number of carbonyl (C=O) groups is 1. The first-order chi connectivity index (χ1) is 7.34. The number of rotatable bonds is 2. The SMILES string of the molecule is Cc1cc(C(C)(C)C)ccc1CC(=O)NN. The van der Waals surface area contributed by atoms with Gasteiger partial charge < -0.3 is 0 Å². The van der Waals surface area contributed by atoms with Crippen molar-refractivity contribution < 1.29 is 4.79 Å². The van der Waals surface area contributed by atoms with Crippen LogP contribution in [0.15, 0.2) is 18.2 Å². The summed E-state index contributed by atoms with van der Waals surface area (Å²) in [5.74, 6) is 4.91. The van der Waals surface area contributed by atoms with Crippen LogP contribution in [0.5, 0.6) is 0 Å². The minimum absolute atomic E-state index is 0.138. The van der Waals surface area contributed by atoms with Gasteiger partial charge in [0.15, 0.2) is 0 Å². The van der Waals surface area contributed by atoms with Gasteiger partial charge in [-0.3, -0.25) is 10.2 Å². The van der Waals surface area contributed by atoms with E-state index in [0.717, 1.165) is 11.1 Å². The Morgan fingerprint density at radius 1 is 1.38 bits per heavy atom. The maximum absolute atomic E-state index is 11.2. The van der Waals surface area contributed by atoms with E-state index >= 15 is 0 Å². The van der Waals surface area contributed by atoms with E-state index < -0.39 is 0 Å². The fraction of sp³-hybridized carbons (Fsp3) is 0.462. The Balaban J connectivity index is 2.96. The fourth-order valence-corrected chi connectivity index (χ4v) is 1.58. The molecule has 3 heteroatoms. The van der Waals surface area contributed by atoms with Crippen LogP contribution in [0, 0.1) is 6.92 Å². The third-order valence-corrected chi connectivity index (χ3v) is 2.72. The zero-order valence-electron chi connectivity index (χ0n) is 10.4. The van der Waals surface area contributed by atoms with Crippen LogP contribution >= 0.6 is 0 Å². The second-order valence-electron chi connectivity index (χ2n) is 5.14. The maximum Gasteiger partial charge on any atom is 0.238 e. The average molecular weight is 220 g/mol. The molecule has 88 valence electrons. The number of aryl methyl sites for hydroxylation is 1. The van der Waals surface area contributed by atoms with Gasteiger partial charge in [0, 0.05) is 0 Å². The molecule has 0 unspecified atom stereocenters. The molecule has 16 heavy (non-hydrogen) atoms. The topological polar surface area (TPSA) is 55.1 Å². The van der Waals surface area contributed by atoms with Crippen LogP contribution in [0.2, 0.25) is 0 Å². The lowest BCUT2D eigenvalue weighted by molar-refractivity contribution is -0.120. The smallest absolute Gasteiger partial charge is 0.238 e. The summed E-state index contributed by atoms with van der Waals surface area (Å²) in [5.41, 5.74) is 5.72. The van der Waals surface area contributed by atoms with Gasteiger partial charge in [0.05, 0.1) is 6.42 Å². The Labute approximate surface area is 97.0 Å². The van der Waals surface area contributed by atoms with E-state index in [4.69, 9.17) is 5.84 Å². The summed E-state index contributed by atoms with van der Waals surface area (Å²) >= 11 is 0. The predicted octanol–water partition coefficient (Wildman–Crippen LogP) is 1.82. The highest BCUT2D eigenvalue weighted by atomic mass is 16.2. The highest BCUT2D eigenvalue weighted by molar-refractivity contribution is 5.78. The first-order valence-electron chi connectivity index (χ1n) is 5.44. The Morgan fingerprint density at radius 3 is 2.44 bits per heavy atom. The van der Waals surface area contributed by atoms with Crippen LogP contribution in [-0.4, -0.2) is 5.91 Å². The maximum atomic E-state index is 11.2. The molecule has 0 aliphatic rings. The first kappa shape index (κ1) is 12.7. The van der Waals surface area contributed by atoms with E-state index in [0.29, 0.717) is 6.42 Å². The third kappa shape index (κ3) is 3.07. The predicted molar refractivity (Wildman–Crippen MR) is 65.9 cm³/mol. The van der Waals surface area contributed by atoms with E-state index in [9.17, 15) is 4.79 Å². The number of nitrogens with two attached hydrogens (primary N) is 1. The molecule has 3 N–H and O–H groups in total. The second-order valence-corrected chi connectivity index (χ2v) is 5.14. The van der Waals surface area contributed by atoms with Crippen LogP contribution < -0.4 is 11.3 Å². The Morgan fingerprint density at radius 2 is 2.00 bits per heavy atom. The Kier molecular flexibility index (Phi) is 3.70. The monoisotopic (exact) mass is 220 g/mol. The van der Waals surface area contributed by atoms with Crippen molar-refractivity contribution in [2.45, 2.75) is 39.5 Å². The number of nitrogens with one attached hydrogen (secondary N) is 1. The molecule has 0 aliphatic heterocycles. The molecule has 0 fully saturated rings. The highest BCUT2D eigenvalue weighted by Gasteiger charge is 2.14. The van der Waals surface area contributed by atoms with Gasteiger partial charge in [-0.2, -0.15) is 0 Å². The van der Waals surface area contributed by atoms with Crippen LogP contribution in [0.3, 0.4) is 0 Å². The lowest BCUT2D eigenvalue weighted by Gasteiger charge is -2.20. The van der Waals surface area contributed by atoms with Crippen molar-refractivity contribution in [3.63, 3.8) is 0 Å². The molecule has 0 atom stereocenters. The summed E-state index contributed by atoms with van der Waals surface area (Å²) in [6, 6.07) is 6.22. The van der Waals surface area contributed by atoms with Crippen molar-refractivity contribution in [3.05, 3.63) is 34.9 Å². The summed E-state index contributed by atoms with van der Waals surface area (Å²) in [6.07, 6.45) is 0.340. The van der Waals surface area contributed by atoms with Gasteiger partial charge in [-0.15, -0.1) is 0 Å². The minimum Gasteiger partial charge on any atom is -0.294 e. The van der Waals surface area contributed by atoms with E-state index in [1.54, 1.807) is 0 Å². The Hall–Kier alpha value is -1.35. The fourth-order valence-electron chi connectivity index (χ4n) is 1.58. The van der Waals surface area contributed by atoms with Gasteiger partial charge >= 0.3 is 0 Å². The van der Waals surface area contributed by atoms with E-state index in [2.05, 4.69) is 38.3 Å². The highest BCUT2D eigenvalue weighted by Crippen LogP contribution is 2.24. The first-order valence-corrected chi connectivity index (χ1v) is 5.44. The second kappa shape index (κ2) is 4.66. The average Bonchev–Trinajstić information content (AvgIpc) is 2.19. The Bertz CT molecular complexity index is 391. The lowest BCUT2D eigenvalue weighted by Crippen LogP contribution is -2.31. The van der Waals surface area contributed by atoms with Crippen LogP contribution in [0.4, 0.5) is 0 Å².